The first kappa shape index (κ1) is 21.8. The molecule has 0 bridgehead atoms. The number of benzene rings is 2. The molecular weight excluding hydrogens is 449 g/mol. The molecule has 0 amide bonds. The molecule has 2 fully saturated rings. The van der Waals surface area contributed by atoms with Gasteiger partial charge in [0.25, 0.3) is 0 Å². The van der Waals surface area contributed by atoms with Crippen LogP contribution in [0.2, 0.25) is 0 Å². The summed E-state index contributed by atoms with van der Waals surface area (Å²) < 4.78 is 17.7. The number of nitrogens with zero attached hydrogens (tertiary/aromatic N) is 7. The molecular formula is C25H28FN7S. The Morgan fingerprint density at radius 2 is 1.85 bits per heavy atom. The second-order valence-electron chi connectivity index (χ2n) is 9.29. The summed E-state index contributed by atoms with van der Waals surface area (Å²) >= 11 is 1.70. The van der Waals surface area contributed by atoms with E-state index in [9.17, 15) is 4.39 Å². The fourth-order valence-electron chi connectivity index (χ4n) is 5.13. The van der Waals surface area contributed by atoms with Crippen molar-refractivity contribution < 1.29 is 4.39 Å². The van der Waals surface area contributed by atoms with Crippen molar-refractivity contribution in [2.75, 3.05) is 19.6 Å². The zero-order valence-corrected chi connectivity index (χ0v) is 20.2. The monoisotopic (exact) mass is 477 g/mol. The number of halogens is 1. The highest BCUT2D eigenvalue weighted by molar-refractivity contribution is 7.97. The summed E-state index contributed by atoms with van der Waals surface area (Å²) in [6.07, 6.45) is 7.66. The number of hydrogen-bond acceptors (Lipinski definition) is 6. The molecule has 9 heteroatoms. The Morgan fingerprint density at radius 3 is 2.56 bits per heavy atom. The van der Waals surface area contributed by atoms with Crippen molar-refractivity contribution in [3.05, 3.63) is 65.7 Å². The first-order valence-corrected chi connectivity index (χ1v) is 12.6. The van der Waals surface area contributed by atoms with Crippen molar-refractivity contribution in [1.82, 2.24) is 34.0 Å². The van der Waals surface area contributed by atoms with E-state index in [1.807, 2.05) is 24.1 Å². The van der Waals surface area contributed by atoms with Crippen LogP contribution in [0.1, 0.15) is 36.4 Å². The first-order valence-electron chi connectivity index (χ1n) is 11.8. The largest absolute Gasteiger partial charge is 0.291 e. The van der Waals surface area contributed by atoms with Crippen molar-refractivity contribution in [1.29, 1.82) is 0 Å². The maximum absolute atomic E-state index is 13.4. The highest BCUT2D eigenvalue weighted by Crippen LogP contribution is 2.39. The molecule has 4 aromatic rings. The van der Waals surface area contributed by atoms with Gasteiger partial charge in [-0.25, -0.2) is 13.4 Å². The maximum atomic E-state index is 13.4. The second-order valence-corrected chi connectivity index (χ2v) is 10.4. The topological polar surface area (TPSA) is 55.0 Å². The highest BCUT2D eigenvalue weighted by atomic mass is 32.2. The van der Waals surface area contributed by atoms with Gasteiger partial charge >= 0.3 is 0 Å². The molecule has 1 unspecified atom stereocenters. The fraction of sp³-hybridized carbons (Fsp3) is 0.400. The first-order chi connectivity index (χ1) is 16.5. The molecule has 1 saturated heterocycles. The van der Waals surface area contributed by atoms with Crippen LogP contribution in [-0.2, 0) is 7.05 Å². The molecule has 1 saturated carbocycles. The number of aryl methyl sites for hydroxylation is 2. The van der Waals surface area contributed by atoms with Crippen LogP contribution in [0, 0.1) is 12.7 Å². The van der Waals surface area contributed by atoms with E-state index in [2.05, 4.69) is 43.6 Å². The molecule has 0 spiro atoms. The molecule has 2 aliphatic rings. The molecule has 1 atom stereocenters. The molecule has 6 rings (SSSR count). The molecule has 3 heterocycles. The molecule has 0 radical (unpaired) electrons. The van der Waals surface area contributed by atoms with Crippen LogP contribution in [0.25, 0.3) is 16.6 Å². The van der Waals surface area contributed by atoms with Crippen LogP contribution in [0.4, 0.5) is 4.39 Å². The van der Waals surface area contributed by atoms with Crippen molar-refractivity contribution >= 4 is 22.9 Å². The summed E-state index contributed by atoms with van der Waals surface area (Å²) in [6, 6.07) is 12.0. The lowest BCUT2D eigenvalue weighted by Crippen LogP contribution is -2.52. The third-order valence-electron chi connectivity index (χ3n) is 7.12. The summed E-state index contributed by atoms with van der Waals surface area (Å²) in [4.78, 5) is 4.33. The molecule has 1 aliphatic heterocycles. The number of piperazine rings is 1. The normalized spacial score (nSPS) is 20.1. The van der Waals surface area contributed by atoms with Crippen LogP contribution in [0.5, 0.6) is 0 Å². The molecule has 176 valence electrons. The predicted molar refractivity (Wildman–Crippen MR) is 131 cm³/mol. The van der Waals surface area contributed by atoms with Gasteiger partial charge in [-0.15, -0.1) is 5.10 Å². The Kier molecular flexibility index (Phi) is 5.63. The Bertz CT molecular complexity index is 1310. The van der Waals surface area contributed by atoms with E-state index >= 15 is 0 Å². The lowest BCUT2D eigenvalue weighted by atomic mass is 9.87. The van der Waals surface area contributed by atoms with Crippen LogP contribution in [0.15, 0.2) is 53.8 Å². The van der Waals surface area contributed by atoms with E-state index in [0.29, 0.717) is 12.1 Å². The van der Waals surface area contributed by atoms with Gasteiger partial charge in [-0.1, -0.05) is 6.42 Å². The third-order valence-corrected chi connectivity index (χ3v) is 8.08. The Balaban J connectivity index is 1.33. The third kappa shape index (κ3) is 4.01. The van der Waals surface area contributed by atoms with Gasteiger partial charge in [-0.2, -0.15) is 15.0 Å². The molecule has 1 aliphatic carbocycles. The number of rotatable bonds is 5. The van der Waals surface area contributed by atoms with E-state index in [1.54, 1.807) is 28.9 Å². The zero-order valence-electron chi connectivity index (χ0n) is 19.4. The fourth-order valence-corrected chi connectivity index (χ4v) is 6.03. The van der Waals surface area contributed by atoms with Crippen LogP contribution in [0.3, 0.4) is 0 Å². The lowest BCUT2D eigenvalue weighted by molar-refractivity contribution is 0.0387. The van der Waals surface area contributed by atoms with Crippen LogP contribution in [-0.4, -0.2) is 59.7 Å². The summed E-state index contributed by atoms with van der Waals surface area (Å²) in [5.41, 5.74) is 4.54. The second kappa shape index (κ2) is 8.79. The standard InChI is InChI=1S/C25H28FN7S/c1-17-12-23-18(14-28-33(23)21-8-6-19(26)7-9-21)13-22(17)24-16-31(34-25-15-27-30(2)29-25)10-11-32(24)20-4-3-5-20/h6-9,12-15,20,24H,3-5,10-11,16H2,1-2H3. The SMILES string of the molecule is Cc1cc2c(cnn2-c2ccc(F)cc2)cc1C1CN(Sc2cnn(C)n2)CCN1C1CCC1. The van der Waals surface area contributed by atoms with Gasteiger partial charge in [0, 0.05) is 44.2 Å². The van der Waals surface area contributed by atoms with Gasteiger partial charge < -0.3 is 0 Å². The van der Waals surface area contributed by atoms with Gasteiger partial charge in [0.05, 0.1) is 23.6 Å². The Morgan fingerprint density at radius 1 is 1.03 bits per heavy atom. The molecule has 34 heavy (non-hydrogen) atoms. The Labute approximate surface area is 202 Å². The van der Waals surface area contributed by atoms with E-state index in [0.717, 1.165) is 41.3 Å². The molecule has 0 N–H and O–H groups in total. The predicted octanol–water partition coefficient (Wildman–Crippen LogP) is 4.52. The minimum Gasteiger partial charge on any atom is -0.291 e. The minimum absolute atomic E-state index is 0.240. The quantitative estimate of drug-likeness (QED) is 0.394. The van der Waals surface area contributed by atoms with Crippen LogP contribution < -0.4 is 0 Å². The van der Waals surface area contributed by atoms with E-state index in [4.69, 9.17) is 0 Å². The van der Waals surface area contributed by atoms with Crippen molar-refractivity contribution in [2.24, 2.45) is 7.05 Å². The van der Waals surface area contributed by atoms with Gasteiger partial charge in [-0.05, 0) is 79.2 Å². The van der Waals surface area contributed by atoms with Crippen molar-refractivity contribution in [3.63, 3.8) is 0 Å². The summed E-state index contributed by atoms with van der Waals surface area (Å²) in [5.74, 6) is -0.240. The number of aromatic nitrogens is 5. The van der Waals surface area contributed by atoms with Gasteiger partial charge in [0.2, 0.25) is 0 Å². The highest BCUT2D eigenvalue weighted by Gasteiger charge is 2.36. The van der Waals surface area contributed by atoms with Crippen LogP contribution >= 0.6 is 11.9 Å². The lowest BCUT2D eigenvalue weighted by Gasteiger charge is -2.48. The van der Waals surface area contributed by atoms with Crippen molar-refractivity contribution in [3.8, 4) is 5.69 Å². The van der Waals surface area contributed by atoms with Crippen molar-refractivity contribution in [2.45, 2.75) is 43.3 Å². The number of hydrogen-bond donors (Lipinski definition) is 0. The molecule has 7 nitrogen and oxygen atoms in total. The Hall–Kier alpha value is -2.75. The summed E-state index contributed by atoms with van der Waals surface area (Å²) in [7, 11) is 1.85. The molecule has 2 aromatic carbocycles. The van der Waals surface area contributed by atoms with E-state index < -0.39 is 0 Å². The summed E-state index contributed by atoms with van der Waals surface area (Å²) in [6.45, 7) is 5.20. The van der Waals surface area contributed by atoms with E-state index in [1.165, 1.54) is 42.5 Å². The summed E-state index contributed by atoms with van der Waals surface area (Å²) in [5, 5.41) is 15.4. The average Bonchev–Trinajstić information content (AvgIpc) is 3.39. The zero-order chi connectivity index (χ0) is 23.2. The minimum atomic E-state index is -0.240. The average molecular weight is 478 g/mol. The van der Waals surface area contributed by atoms with Gasteiger partial charge in [0.1, 0.15) is 5.82 Å². The maximum Gasteiger partial charge on any atom is 0.153 e. The van der Waals surface area contributed by atoms with Gasteiger partial charge in [-0.3, -0.25) is 4.90 Å². The smallest absolute Gasteiger partial charge is 0.153 e. The number of fused-ring (bicyclic) bond motifs is 1. The van der Waals surface area contributed by atoms with Gasteiger partial charge in [0.15, 0.2) is 5.03 Å². The van der Waals surface area contributed by atoms with E-state index in [-0.39, 0.29) is 5.82 Å². The molecule has 2 aromatic heterocycles.